The lowest BCUT2D eigenvalue weighted by Gasteiger charge is -2.38. The predicted octanol–water partition coefficient (Wildman–Crippen LogP) is 2.58. The molecule has 2 heterocycles. The summed E-state index contributed by atoms with van der Waals surface area (Å²) in [7, 11) is 0. The van der Waals surface area contributed by atoms with E-state index in [0.717, 1.165) is 31.6 Å². The monoisotopic (exact) mass is 427 g/mol. The highest BCUT2D eigenvalue weighted by molar-refractivity contribution is 6.30. The van der Waals surface area contributed by atoms with Crippen LogP contribution in [-0.4, -0.2) is 60.2 Å². The Morgan fingerprint density at radius 1 is 0.967 bits per heavy atom. The maximum atomic E-state index is 12.9. The Labute approximate surface area is 181 Å². The first-order valence-corrected chi connectivity index (χ1v) is 11.2. The highest BCUT2D eigenvalue weighted by Gasteiger charge is 2.56. The number of benzene rings is 1. The normalized spacial score (nSPS) is 30.2. The SMILES string of the molecule is O=C(CCN1C(=O)C2C3C=CC(CC3)C2C1=O)N1CCN(c2cccc(Cl)c2)CC1. The van der Waals surface area contributed by atoms with Crippen LogP contribution in [0.2, 0.25) is 5.02 Å². The number of halogens is 1. The van der Waals surface area contributed by atoms with E-state index in [2.05, 4.69) is 17.1 Å². The highest BCUT2D eigenvalue weighted by Crippen LogP contribution is 2.49. The molecule has 0 N–H and O–H groups in total. The van der Waals surface area contributed by atoms with E-state index >= 15 is 0 Å². The van der Waals surface area contributed by atoms with E-state index in [9.17, 15) is 14.4 Å². The lowest BCUT2D eigenvalue weighted by atomic mass is 9.63. The second-order valence-corrected chi connectivity index (χ2v) is 9.20. The number of carbonyl (C=O) groups is 3. The van der Waals surface area contributed by atoms with Gasteiger partial charge in [0.05, 0.1) is 11.8 Å². The van der Waals surface area contributed by atoms with Crippen LogP contribution in [0.4, 0.5) is 5.69 Å². The molecule has 4 atom stereocenters. The topological polar surface area (TPSA) is 60.9 Å². The van der Waals surface area contributed by atoms with E-state index in [4.69, 9.17) is 11.6 Å². The summed E-state index contributed by atoms with van der Waals surface area (Å²) in [5.41, 5.74) is 1.06. The van der Waals surface area contributed by atoms with Crippen molar-refractivity contribution in [2.45, 2.75) is 19.3 Å². The Hall–Kier alpha value is -2.34. The van der Waals surface area contributed by atoms with Gasteiger partial charge in [0.25, 0.3) is 0 Å². The number of rotatable bonds is 4. The zero-order chi connectivity index (χ0) is 20.8. The van der Waals surface area contributed by atoms with Crippen molar-refractivity contribution in [3.05, 3.63) is 41.4 Å². The molecule has 1 aromatic rings. The first kappa shape index (κ1) is 19.6. The Balaban J connectivity index is 1.16. The van der Waals surface area contributed by atoms with Crippen molar-refractivity contribution in [2.75, 3.05) is 37.6 Å². The molecule has 3 aliphatic carbocycles. The van der Waals surface area contributed by atoms with Crippen molar-refractivity contribution in [3.8, 4) is 0 Å². The molecule has 2 saturated heterocycles. The molecule has 1 saturated carbocycles. The molecule has 0 aromatic heterocycles. The number of amides is 3. The van der Waals surface area contributed by atoms with Crippen molar-refractivity contribution in [1.82, 2.24) is 9.80 Å². The van der Waals surface area contributed by atoms with Crippen molar-refractivity contribution < 1.29 is 14.4 Å². The van der Waals surface area contributed by atoms with E-state index in [1.54, 1.807) is 0 Å². The van der Waals surface area contributed by atoms with Crippen molar-refractivity contribution >= 4 is 35.0 Å². The van der Waals surface area contributed by atoms with Crippen LogP contribution < -0.4 is 4.90 Å². The van der Waals surface area contributed by atoms with Crippen LogP contribution in [0.1, 0.15) is 19.3 Å². The van der Waals surface area contributed by atoms with Gasteiger partial charge in [-0.15, -0.1) is 0 Å². The highest BCUT2D eigenvalue weighted by atomic mass is 35.5. The molecule has 3 amide bonds. The molecule has 2 bridgehead atoms. The second kappa shape index (κ2) is 7.73. The number of anilines is 1. The maximum Gasteiger partial charge on any atom is 0.233 e. The summed E-state index contributed by atoms with van der Waals surface area (Å²) in [4.78, 5) is 43.9. The summed E-state index contributed by atoms with van der Waals surface area (Å²) >= 11 is 6.08. The molecule has 1 aromatic carbocycles. The average molecular weight is 428 g/mol. The molecule has 5 aliphatic rings. The third kappa shape index (κ3) is 3.31. The molecule has 7 heteroatoms. The van der Waals surface area contributed by atoms with Gasteiger partial charge in [0.2, 0.25) is 17.7 Å². The maximum absolute atomic E-state index is 12.9. The number of nitrogens with zero attached hydrogens (tertiary/aromatic N) is 3. The molecule has 30 heavy (non-hydrogen) atoms. The number of piperazine rings is 1. The summed E-state index contributed by atoms with van der Waals surface area (Å²) in [6, 6.07) is 7.74. The van der Waals surface area contributed by atoms with E-state index in [0.29, 0.717) is 18.1 Å². The van der Waals surface area contributed by atoms with Gasteiger partial charge >= 0.3 is 0 Å². The standard InChI is InChI=1S/C23H26ClN3O3/c24-17-2-1-3-18(14-17)25-10-12-26(13-11-25)19(28)8-9-27-22(29)20-15-4-5-16(7-6-15)21(20)23(27)30/h1-5,14-16,20-21H,6-13H2. The van der Waals surface area contributed by atoms with E-state index in [-0.39, 0.29) is 54.4 Å². The van der Waals surface area contributed by atoms with Gasteiger partial charge < -0.3 is 9.80 Å². The molecule has 158 valence electrons. The number of likely N-dealkylation sites (tertiary alicyclic amines) is 1. The third-order valence-corrected chi connectivity index (χ3v) is 7.44. The van der Waals surface area contributed by atoms with Crippen molar-refractivity contribution in [2.24, 2.45) is 23.7 Å². The first-order chi connectivity index (χ1) is 14.5. The fraction of sp³-hybridized carbons (Fsp3) is 0.522. The zero-order valence-corrected chi connectivity index (χ0v) is 17.6. The largest absolute Gasteiger partial charge is 0.368 e. The molecule has 0 spiro atoms. The molecular formula is C23H26ClN3O3. The summed E-state index contributed by atoms with van der Waals surface area (Å²) in [6.45, 7) is 2.95. The van der Waals surface area contributed by atoms with Crippen LogP contribution >= 0.6 is 11.6 Å². The van der Waals surface area contributed by atoms with Gasteiger partial charge in [-0.1, -0.05) is 29.8 Å². The minimum absolute atomic E-state index is 0.0114. The van der Waals surface area contributed by atoms with Crippen LogP contribution in [0.15, 0.2) is 36.4 Å². The van der Waals surface area contributed by atoms with Crippen molar-refractivity contribution in [1.29, 1.82) is 0 Å². The van der Waals surface area contributed by atoms with Gasteiger partial charge in [-0.05, 0) is 42.9 Å². The van der Waals surface area contributed by atoms with E-state index in [1.807, 2.05) is 29.2 Å². The molecule has 4 unspecified atom stereocenters. The fourth-order valence-corrected chi connectivity index (χ4v) is 5.79. The number of hydrogen-bond acceptors (Lipinski definition) is 4. The van der Waals surface area contributed by atoms with Gasteiger partial charge in [0.15, 0.2) is 0 Å². The third-order valence-electron chi connectivity index (χ3n) is 7.21. The number of hydrogen-bond donors (Lipinski definition) is 0. The van der Waals surface area contributed by atoms with Gasteiger partial charge in [-0.25, -0.2) is 0 Å². The van der Waals surface area contributed by atoms with Crippen LogP contribution in [-0.2, 0) is 14.4 Å². The summed E-state index contributed by atoms with van der Waals surface area (Å²) in [6.07, 6.45) is 6.43. The smallest absolute Gasteiger partial charge is 0.233 e. The fourth-order valence-electron chi connectivity index (χ4n) is 5.61. The average Bonchev–Trinajstić information content (AvgIpc) is 3.05. The molecular weight excluding hydrogens is 402 g/mol. The molecule has 2 aliphatic heterocycles. The van der Waals surface area contributed by atoms with Gasteiger partial charge in [-0.2, -0.15) is 0 Å². The van der Waals surface area contributed by atoms with Gasteiger partial charge in [-0.3, -0.25) is 19.3 Å². The van der Waals surface area contributed by atoms with Gasteiger partial charge in [0, 0.05) is 49.9 Å². The first-order valence-electron chi connectivity index (χ1n) is 10.8. The summed E-state index contributed by atoms with van der Waals surface area (Å²) in [5.74, 6) is -0.133. The van der Waals surface area contributed by atoms with E-state index < -0.39 is 0 Å². The number of fused-ring (bicyclic) bond motifs is 1. The number of carbonyl (C=O) groups excluding carboxylic acids is 3. The minimum atomic E-state index is -0.197. The quantitative estimate of drug-likeness (QED) is 0.547. The zero-order valence-electron chi connectivity index (χ0n) is 16.9. The minimum Gasteiger partial charge on any atom is -0.368 e. The summed E-state index contributed by atoms with van der Waals surface area (Å²) < 4.78 is 0. The second-order valence-electron chi connectivity index (χ2n) is 8.77. The molecule has 6 rings (SSSR count). The van der Waals surface area contributed by atoms with E-state index in [1.165, 1.54) is 4.90 Å². The lowest BCUT2D eigenvalue weighted by Crippen LogP contribution is -2.49. The number of imide groups is 1. The van der Waals surface area contributed by atoms with Crippen LogP contribution in [0.5, 0.6) is 0 Å². The Bertz CT molecular complexity index is 877. The number of allylic oxidation sites excluding steroid dienone is 2. The summed E-state index contributed by atoms with van der Waals surface area (Å²) in [5, 5.41) is 0.704. The Morgan fingerprint density at radius 2 is 1.60 bits per heavy atom. The van der Waals surface area contributed by atoms with Crippen LogP contribution in [0.3, 0.4) is 0 Å². The lowest BCUT2D eigenvalue weighted by molar-refractivity contribution is -0.141. The van der Waals surface area contributed by atoms with Crippen LogP contribution in [0.25, 0.3) is 0 Å². The molecule has 6 nitrogen and oxygen atoms in total. The van der Waals surface area contributed by atoms with Crippen LogP contribution in [0, 0.1) is 23.7 Å². The predicted molar refractivity (Wildman–Crippen MR) is 114 cm³/mol. The van der Waals surface area contributed by atoms with Gasteiger partial charge in [0.1, 0.15) is 0 Å². The van der Waals surface area contributed by atoms with Crippen molar-refractivity contribution in [3.63, 3.8) is 0 Å². The molecule has 0 radical (unpaired) electrons. The Kier molecular flexibility index (Phi) is 5.05. The Morgan fingerprint density at radius 3 is 2.17 bits per heavy atom. The molecule has 3 fully saturated rings.